The monoisotopic (exact) mass is 732 g/mol. The number of hydrogen-bond donors (Lipinski definition) is 0. The van der Waals surface area contributed by atoms with Crippen LogP contribution in [0.4, 0.5) is 0 Å². The van der Waals surface area contributed by atoms with Crippen molar-refractivity contribution in [3.63, 3.8) is 0 Å². The van der Waals surface area contributed by atoms with Gasteiger partial charge in [-0.05, 0) is 41.5 Å². The molecule has 0 atom stereocenters. The first-order chi connectivity index (χ1) is 27.8. The fourth-order valence-electron chi connectivity index (χ4n) is 7.95. The second-order valence-electron chi connectivity index (χ2n) is 14.0. The minimum absolute atomic E-state index is 0.712. The summed E-state index contributed by atoms with van der Waals surface area (Å²) in [5.74, 6) is 0.712. The van der Waals surface area contributed by atoms with Crippen molar-refractivity contribution in [2.75, 3.05) is 0 Å². The van der Waals surface area contributed by atoms with E-state index in [1.165, 1.54) is 36.6 Å². The van der Waals surface area contributed by atoms with Crippen molar-refractivity contribution in [3.05, 3.63) is 194 Å². The van der Waals surface area contributed by atoms with Crippen molar-refractivity contribution in [3.8, 4) is 62.0 Å². The lowest BCUT2D eigenvalue weighted by atomic mass is 10.0. The summed E-state index contributed by atoms with van der Waals surface area (Å²) in [6.07, 6.45) is 0. The number of nitrogens with zero attached hydrogens (tertiary/aromatic N) is 4. The summed E-state index contributed by atoms with van der Waals surface area (Å²) in [7, 11) is 0. The van der Waals surface area contributed by atoms with Crippen LogP contribution in [0.2, 0.25) is 0 Å². The number of fused-ring (bicyclic) bond motifs is 7. The lowest BCUT2D eigenvalue weighted by molar-refractivity contribution is 1.18. The summed E-state index contributed by atoms with van der Waals surface area (Å²) in [6.45, 7) is 0. The van der Waals surface area contributed by atoms with E-state index in [1.807, 2.05) is 47.7 Å². The van der Waals surface area contributed by atoms with E-state index in [0.717, 1.165) is 61.7 Å². The zero-order valence-electron chi connectivity index (χ0n) is 30.2. The van der Waals surface area contributed by atoms with Gasteiger partial charge >= 0.3 is 0 Å². The van der Waals surface area contributed by atoms with E-state index in [4.69, 9.17) is 15.0 Å². The van der Waals surface area contributed by atoms with E-state index in [1.54, 1.807) is 0 Å². The molecule has 0 fully saturated rings. The van der Waals surface area contributed by atoms with Gasteiger partial charge < -0.3 is 4.57 Å². The second kappa shape index (κ2) is 13.3. The Morgan fingerprint density at radius 2 is 0.964 bits per heavy atom. The van der Waals surface area contributed by atoms with Gasteiger partial charge in [0.1, 0.15) is 0 Å². The minimum atomic E-state index is 0.712. The van der Waals surface area contributed by atoms with E-state index in [2.05, 4.69) is 162 Å². The molecule has 0 saturated carbocycles. The van der Waals surface area contributed by atoms with Gasteiger partial charge in [0, 0.05) is 48.8 Å². The van der Waals surface area contributed by atoms with Gasteiger partial charge in [-0.25, -0.2) is 15.0 Å². The predicted molar refractivity (Wildman–Crippen MR) is 234 cm³/mol. The molecule has 56 heavy (non-hydrogen) atoms. The highest BCUT2D eigenvalue weighted by atomic mass is 32.1. The maximum Gasteiger partial charge on any atom is 0.160 e. The third-order valence-corrected chi connectivity index (χ3v) is 11.9. The zero-order valence-corrected chi connectivity index (χ0v) is 31.0. The molecule has 0 saturated heterocycles. The number of pyridine rings is 1. The standard InChI is InChI=1S/C51H32N4S/c1-4-15-34(16-5-1)43-32-44(54-51(53-43)37-19-8-3-9-20-37)35-29-27-33(28-30-35)38-21-14-22-39(31-38)55-45-26-13-11-24-41(45)50-48(55)46-47(36-17-6-2-7-18-36)52-42-25-12-10-23-40(42)49(46)56-50/h1-32H. The third kappa shape index (κ3) is 5.40. The van der Waals surface area contributed by atoms with Crippen molar-refractivity contribution < 1.29 is 0 Å². The summed E-state index contributed by atoms with van der Waals surface area (Å²) in [6, 6.07) is 68.2. The summed E-state index contributed by atoms with van der Waals surface area (Å²) in [4.78, 5) is 15.4. The molecular formula is C51H32N4S. The molecule has 4 aromatic heterocycles. The van der Waals surface area contributed by atoms with Gasteiger partial charge in [0.2, 0.25) is 0 Å². The first-order valence-corrected chi connectivity index (χ1v) is 19.6. The average Bonchev–Trinajstić information content (AvgIpc) is 3.82. The van der Waals surface area contributed by atoms with E-state index in [-0.39, 0.29) is 0 Å². The fourth-order valence-corrected chi connectivity index (χ4v) is 9.30. The maximum atomic E-state index is 5.33. The molecular weight excluding hydrogens is 701 g/mol. The molecule has 7 aromatic carbocycles. The van der Waals surface area contributed by atoms with Crippen molar-refractivity contribution in [1.82, 2.24) is 19.5 Å². The highest BCUT2D eigenvalue weighted by molar-refractivity contribution is 7.27. The molecule has 4 nitrogen and oxygen atoms in total. The molecule has 0 aliphatic carbocycles. The van der Waals surface area contributed by atoms with Gasteiger partial charge in [-0.1, -0.05) is 164 Å². The summed E-state index contributed by atoms with van der Waals surface area (Å²) in [5.41, 5.74) is 13.8. The Bertz CT molecular complexity index is 3160. The molecule has 262 valence electrons. The van der Waals surface area contributed by atoms with E-state index < -0.39 is 0 Å². The number of aromatic nitrogens is 4. The van der Waals surface area contributed by atoms with Crippen LogP contribution in [-0.2, 0) is 0 Å². The molecule has 0 aliphatic heterocycles. The van der Waals surface area contributed by atoms with Gasteiger partial charge in [-0.15, -0.1) is 11.3 Å². The Kier molecular flexibility index (Phi) is 7.64. The van der Waals surface area contributed by atoms with E-state index in [0.29, 0.717) is 5.82 Å². The zero-order chi connectivity index (χ0) is 37.0. The van der Waals surface area contributed by atoms with Crippen LogP contribution < -0.4 is 0 Å². The van der Waals surface area contributed by atoms with Gasteiger partial charge in [0.15, 0.2) is 5.82 Å². The SMILES string of the molecule is c1ccc(-c2cc(-c3ccc(-c4cccc(-n5c6ccccc6c6sc7c8ccccc8nc(-c8ccccc8)c7c65)c4)cc3)nc(-c3ccccc3)n2)cc1. The Morgan fingerprint density at radius 3 is 1.70 bits per heavy atom. The van der Waals surface area contributed by atoms with Crippen LogP contribution in [0, 0.1) is 0 Å². The van der Waals surface area contributed by atoms with Crippen LogP contribution in [-0.4, -0.2) is 19.5 Å². The Labute approximate surface area is 327 Å². The minimum Gasteiger partial charge on any atom is -0.308 e. The molecule has 0 N–H and O–H groups in total. The van der Waals surface area contributed by atoms with E-state index in [9.17, 15) is 0 Å². The van der Waals surface area contributed by atoms with Gasteiger partial charge in [0.25, 0.3) is 0 Å². The van der Waals surface area contributed by atoms with E-state index >= 15 is 0 Å². The highest BCUT2D eigenvalue weighted by Gasteiger charge is 2.23. The molecule has 0 radical (unpaired) electrons. The molecule has 0 spiro atoms. The van der Waals surface area contributed by atoms with Crippen molar-refractivity contribution in [1.29, 1.82) is 0 Å². The normalized spacial score (nSPS) is 11.6. The summed E-state index contributed by atoms with van der Waals surface area (Å²) >= 11 is 1.87. The molecule has 11 aromatic rings. The Balaban J connectivity index is 1.06. The van der Waals surface area contributed by atoms with Gasteiger partial charge in [-0.3, -0.25) is 0 Å². The predicted octanol–water partition coefficient (Wildman–Crippen LogP) is 13.7. The largest absolute Gasteiger partial charge is 0.308 e. The maximum absolute atomic E-state index is 5.33. The van der Waals surface area contributed by atoms with Crippen LogP contribution in [0.3, 0.4) is 0 Å². The number of thiophene rings is 1. The van der Waals surface area contributed by atoms with Gasteiger partial charge in [0.05, 0.1) is 38.3 Å². The quantitative estimate of drug-likeness (QED) is 0.171. The molecule has 0 bridgehead atoms. The Morgan fingerprint density at radius 1 is 0.393 bits per heavy atom. The first-order valence-electron chi connectivity index (χ1n) is 18.8. The smallest absolute Gasteiger partial charge is 0.160 e. The van der Waals surface area contributed by atoms with Gasteiger partial charge in [-0.2, -0.15) is 0 Å². The number of para-hydroxylation sites is 2. The second-order valence-corrected chi connectivity index (χ2v) is 15.0. The average molecular weight is 733 g/mol. The lowest BCUT2D eigenvalue weighted by Crippen LogP contribution is -1.96. The molecule has 0 aliphatic rings. The highest BCUT2D eigenvalue weighted by Crippen LogP contribution is 2.47. The molecule has 4 heterocycles. The number of benzene rings is 7. The van der Waals surface area contributed by atoms with Crippen molar-refractivity contribution >= 4 is 53.4 Å². The fraction of sp³-hybridized carbons (Fsp3) is 0. The topological polar surface area (TPSA) is 43.6 Å². The summed E-state index contributed by atoms with van der Waals surface area (Å²) in [5, 5.41) is 3.62. The van der Waals surface area contributed by atoms with Crippen molar-refractivity contribution in [2.45, 2.75) is 0 Å². The van der Waals surface area contributed by atoms with Crippen LogP contribution in [0.5, 0.6) is 0 Å². The number of rotatable bonds is 6. The lowest BCUT2D eigenvalue weighted by Gasteiger charge is -2.13. The van der Waals surface area contributed by atoms with Crippen LogP contribution in [0.25, 0.3) is 104 Å². The first kappa shape index (κ1) is 32.2. The molecule has 0 amide bonds. The molecule has 0 unspecified atom stereocenters. The van der Waals surface area contributed by atoms with Crippen molar-refractivity contribution in [2.24, 2.45) is 0 Å². The molecule has 11 rings (SSSR count). The van der Waals surface area contributed by atoms with Crippen LogP contribution in [0.1, 0.15) is 0 Å². The third-order valence-electron chi connectivity index (χ3n) is 10.6. The van der Waals surface area contributed by atoms with Crippen LogP contribution >= 0.6 is 11.3 Å². The summed E-state index contributed by atoms with van der Waals surface area (Å²) < 4.78 is 4.98. The van der Waals surface area contributed by atoms with Crippen LogP contribution in [0.15, 0.2) is 194 Å². The number of hydrogen-bond acceptors (Lipinski definition) is 4. The Hall–Kier alpha value is -7.21. The molecule has 5 heteroatoms.